The number of rotatable bonds is 5. The SMILES string of the molecule is CC(N)CC(=O)NC(C)c1ccc(S(N)(=O)=O)cc1. The van der Waals surface area contributed by atoms with E-state index in [-0.39, 0.29) is 29.3 Å². The predicted molar refractivity (Wildman–Crippen MR) is 72.6 cm³/mol. The summed E-state index contributed by atoms with van der Waals surface area (Å²) in [5.41, 5.74) is 6.33. The van der Waals surface area contributed by atoms with E-state index in [2.05, 4.69) is 5.32 Å². The molecule has 0 heterocycles. The Kier molecular flexibility index (Phi) is 5.04. The van der Waals surface area contributed by atoms with Gasteiger partial charge in [-0.25, -0.2) is 13.6 Å². The summed E-state index contributed by atoms with van der Waals surface area (Å²) in [4.78, 5) is 11.6. The third-order valence-electron chi connectivity index (χ3n) is 2.59. The maximum Gasteiger partial charge on any atom is 0.238 e. The Morgan fingerprint density at radius 1 is 1.26 bits per heavy atom. The zero-order chi connectivity index (χ0) is 14.6. The van der Waals surface area contributed by atoms with Gasteiger partial charge in [-0.15, -0.1) is 0 Å². The zero-order valence-electron chi connectivity index (χ0n) is 11.0. The van der Waals surface area contributed by atoms with Crippen LogP contribution in [0.25, 0.3) is 0 Å². The van der Waals surface area contributed by atoms with Crippen molar-refractivity contribution < 1.29 is 13.2 Å². The lowest BCUT2D eigenvalue weighted by atomic mass is 10.1. The molecule has 0 aliphatic heterocycles. The third-order valence-corrected chi connectivity index (χ3v) is 3.52. The van der Waals surface area contributed by atoms with Gasteiger partial charge in [0.15, 0.2) is 0 Å². The second-order valence-corrected chi connectivity index (χ2v) is 6.15. The molecular formula is C12H19N3O3S. The van der Waals surface area contributed by atoms with Crippen molar-refractivity contribution in [1.82, 2.24) is 5.32 Å². The molecule has 0 aromatic heterocycles. The summed E-state index contributed by atoms with van der Waals surface area (Å²) in [6, 6.07) is 5.66. The van der Waals surface area contributed by atoms with Crippen LogP contribution in [0.5, 0.6) is 0 Å². The average Bonchev–Trinajstić information content (AvgIpc) is 2.26. The molecule has 7 heteroatoms. The second-order valence-electron chi connectivity index (χ2n) is 4.58. The lowest BCUT2D eigenvalue weighted by molar-refractivity contribution is -0.122. The Balaban J connectivity index is 2.73. The first-order chi connectivity index (χ1) is 8.70. The van der Waals surface area contributed by atoms with Crippen molar-refractivity contribution in [2.45, 2.75) is 37.2 Å². The van der Waals surface area contributed by atoms with Gasteiger partial charge in [0.25, 0.3) is 0 Å². The van der Waals surface area contributed by atoms with Crippen molar-refractivity contribution in [2.75, 3.05) is 0 Å². The number of nitrogens with two attached hydrogens (primary N) is 2. The average molecular weight is 285 g/mol. The van der Waals surface area contributed by atoms with Crippen LogP contribution in [-0.2, 0) is 14.8 Å². The van der Waals surface area contributed by atoms with E-state index in [9.17, 15) is 13.2 Å². The Bertz CT molecular complexity index is 538. The van der Waals surface area contributed by atoms with Crippen LogP contribution in [0.1, 0.15) is 31.9 Å². The van der Waals surface area contributed by atoms with Crippen molar-refractivity contribution >= 4 is 15.9 Å². The second kappa shape index (κ2) is 6.14. The van der Waals surface area contributed by atoms with E-state index >= 15 is 0 Å². The fraction of sp³-hybridized carbons (Fsp3) is 0.417. The molecule has 19 heavy (non-hydrogen) atoms. The van der Waals surface area contributed by atoms with Crippen LogP contribution >= 0.6 is 0 Å². The molecule has 0 saturated heterocycles. The fourth-order valence-electron chi connectivity index (χ4n) is 1.62. The Hall–Kier alpha value is -1.44. The van der Waals surface area contributed by atoms with Crippen molar-refractivity contribution in [3.05, 3.63) is 29.8 Å². The van der Waals surface area contributed by atoms with E-state index in [0.29, 0.717) is 0 Å². The van der Waals surface area contributed by atoms with Gasteiger partial charge in [0.2, 0.25) is 15.9 Å². The molecule has 0 bridgehead atoms. The summed E-state index contributed by atoms with van der Waals surface area (Å²) >= 11 is 0. The van der Waals surface area contributed by atoms with Crippen LogP contribution in [-0.4, -0.2) is 20.4 Å². The lowest BCUT2D eigenvalue weighted by Crippen LogP contribution is -2.31. The molecule has 1 aromatic carbocycles. The molecule has 2 atom stereocenters. The molecule has 1 amide bonds. The van der Waals surface area contributed by atoms with E-state index < -0.39 is 10.0 Å². The number of primary sulfonamides is 1. The highest BCUT2D eigenvalue weighted by atomic mass is 32.2. The van der Waals surface area contributed by atoms with E-state index in [1.807, 2.05) is 6.92 Å². The monoisotopic (exact) mass is 285 g/mol. The smallest absolute Gasteiger partial charge is 0.238 e. The fourth-order valence-corrected chi connectivity index (χ4v) is 2.14. The molecule has 1 aromatic rings. The summed E-state index contributed by atoms with van der Waals surface area (Å²) in [6.45, 7) is 3.57. The molecule has 0 saturated carbocycles. The molecule has 106 valence electrons. The highest BCUT2D eigenvalue weighted by Crippen LogP contribution is 2.15. The minimum absolute atomic E-state index is 0.0466. The highest BCUT2D eigenvalue weighted by Gasteiger charge is 2.12. The van der Waals surface area contributed by atoms with Gasteiger partial charge in [-0.3, -0.25) is 4.79 Å². The maximum atomic E-state index is 11.6. The molecule has 6 nitrogen and oxygen atoms in total. The molecule has 0 fully saturated rings. The summed E-state index contributed by atoms with van der Waals surface area (Å²) in [7, 11) is -3.69. The summed E-state index contributed by atoms with van der Waals surface area (Å²) in [5, 5.41) is 7.79. The zero-order valence-corrected chi connectivity index (χ0v) is 11.8. The van der Waals surface area contributed by atoms with Crippen LogP contribution in [0.15, 0.2) is 29.2 Å². The quantitative estimate of drug-likeness (QED) is 0.719. The Labute approximate surface area is 113 Å². The number of carbonyl (C=O) groups is 1. The van der Waals surface area contributed by atoms with E-state index in [1.54, 1.807) is 19.1 Å². The Morgan fingerprint density at radius 2 is 1.79 bits per heavy atom. The molecule has 2 unspecified atom stereocenters. The van der Waals surface area contributed by atoms with Gasteiger partial charge >= 0.3 is 0 Å². The first kappa shape index (κ1) is 15.6. The van der Waals surface area contributed by atoms with Crippen LogP contribution < -0.4 is 16.2 Å². The molecule has 0 radical (unpaired) electrons. The minimum Gasteiger partial charge on any atom is -0.350 e. The van der Waals surface area contributed by atoms with Crippen molar-refractivity contribution in [1.29, 1.82) is 0 Å². The normalized spacial score (nSPS) is 14.7. The summed E-state index contributed by atoms with van der Waals surface area (Å²) in [6.07, 6.45) is 0.250. The first-order valence-corrected chi connectivity index (χ1v) is 7.42. The van der Waals surface area contributed by atoms with Crippen molar-refractivity contribution in [2.24, 2.45) is 10.9 Å². The minimum atomic E-state index is -3.69. The Morgan fingerprint density at radius 3 is 2.21 bits per heavy atom. The van der Waals surface area contributed by atoms with E-state index in [4.69, 9.17) is 10.9 Å². The van der Waals surface area contributed by atoms with Gasteiger partial charge < -0.3 is 11.1 Å². The largest absolute Gasteiger partial charge is 0.350 e. The summed E-state index contributed by atoms with van der Waals surface area (Å²) < 4.78 is 22.2. The standard InChI is InChI=1S/C12H19N3O3S/c1-8(13)7-12(16)15-9(2)10-3-5-11(6-4-10)19(14,17)18/h3-6,8-9H,7,13H2,1-2H3,(H,15,16)(H2,14,17,18). The number of sulfonamides is 1. The molecule has 1 rings (SSSR count). The summed E-state index contributed by atoms with van der Waals surface area (Å²) in [5.74, 6) is -0.141. The number of nitrogens with one attached hydrogen (secondary N) is 1. The van der Waals surface area contributed by atoms with Gasteiger partial charge in [-0.05, 0) is 31.5 Å². The van der Waals surface area contributed by atoms with E-state index in [0.717, 1.165) is 5.56 Å². The molecule has 5 N–H and O–H groups in total. The first-order valence-electron chi connectivity index (χ1n) is 5.88. The number of hydrogen-bond donors (Lipinski definition) is 3. The van der Waals surface area contributed by atoms with Crippen LogP contribution in [0.4, 0.5) is 0 Å². The number of amides is 1. The van der Waals surface area contributed by atoms with Gasteiger partial charge in [-0.1, -0.05) is 12.1 Å². The topological polar surface area (TPSA) is 115 Å². The molecule has 0 aliphatic rings. The molecular weight excluding hydrogens is 266 g/mol. The van der Waals surface area contributed by atoms with Crippen molar-refractivity contribution in [3.63, 3.8) is 0 Å². The van der Waals surface area contributed by atoms with Crippen LogP contribution in [0.2, 0.25) is 0 Å². The predicted octanol–water partition coefficient (Wildman–Crippen LogP) is 0.249. The van der Waals surface area contributed by atoms with Crippen LogP contribution in [0.3, 0.4) is 0 Å². The van der Waals surface area contributed by atoms with Gasteiger partial charge in [0.1, 0.15) is 0 Å². The molecule has 0 spiro atoms. The van der Waals surface area contributed by atoms with Gasteiger partial charge in [0, 0.05) is 12.5 Å². The van der Waals surface area contributed by atoms with Crippen LogP contribution in [0, 0.1) is 0 Å². The van der Waals surface area contributed by atoms with Gasteiger partial charge in [0.05, 0.1) is 10.9 Å². The molecule has 0 aliphatic carbocycles. The van der Waals surface area contributed by atoms with Gasteiger partial charge in [-0.2, -0.15) is 0 Å². The number of hydrogen-bond acceptors (Lipinski definition) is 4. The highest BCUT2D eigenvalue weighted by molar-refractivity contribution is 7.89. The van der Waals surface area contributed by atoms with E-state index in [1.165, 1.54) is 12.1 Å². The number of benzene rings is 1. The van der Waals surface area contributed by atoms with Crippen molar-refractivity contribution in [3.8, 4) is 0 Å². The maximum absolute atomic E-state index is 11.6. The lowest BCUT2D eigenvalue weighted by Gasteiger charge is -2.15. The third kappa shape index (κ3) is 4.98. The number of carbonyl (C=O) groups excluding carboxylic acids is 1.